The summed E-state index contributed by atoms with van der Waals surface area (Å²) in [5.74, 6) is 0. The van der Waals surface area contributed by atoms with E-state index in [0.29, 0.717) is 23.5 Å². The summed E-state index contributed by atoms with van der Waals surface area (Å²) in [5.41, 5.74) is 27.0. The summed E-state index contributed by atoms with van der Waals surface area (Å²) in [4.78, 5) is 7.27. The van der Waals surface area contributed by atoms with Gasteiger partial charge in [0, 0.05) is 43.9 Å². The van der Waals surface area contributed by atoms with Crippen LogP contribution in [0.15, 0.2) is 291 Å². The Kier molecular flexibility index (Phi) is 13.2. The van der Waals surface area contributed by atoms with Crippen molar-refractivity contribution in [2.75, 3.05) is 14.7 Å². The van der Waals surface area contributed by atoms with Crippen LogP contribution in [0.4, 0.5) is 51.2 Å². The quantitative estimate of drug-likeness (QED) is 0.152. The molecular formula is C102H86N6. The normalized spacial score (nSPS) is 14.2. The molecule has 0 spiro atoms. The van der Waals surface area contributed by atoms with Crippen LogP contribution in [0.25, 0.3) is 111 Å². The van der Waals surface area contributed by atoms with Crippen molar-refractivity contribution < 1.29 is 9.60 Å². The van der Waals surface area contributed by atoms with Crippen molar-refractivity contribution in [3.63, 3.8) is 0 Å². The number of para-hydroxylation sites is 2. The van der Waals surface area contributed by atoms with Crippen LogP contribution in [0.5, 0.6) is 0 Å². The van der Waals surface area contributed by atoms with E-state index >= 15 is 0 Å². The average molecular weight is 1400 g/mol. The van der Waals surface area contributed by atoms with Gasteiger partial charge in [-0.1, -0.05) is 271 Å². The van der Waals surface area contributed by atoms with Crippen molar-refractivity contribution in [2.24, 2.45) is 0 Å². The fourth-order valence-electron chi connectivity index (χ4n) is 17.0. The van der Waals surface area contributed by atoms with Crippen molar-refractivity contribution >= 4 is 94.8 Å². The van der Waals surface area contributed by atoms with E-state index in [0.717, 1.165) is 129 Å². The number of hydrogen-bond acceptors (Lipinski definition) is 4. The fraction of sp³-hybridized carbons (Fsp3) is 0.167. The van der Waals surface area contributed by atoms with Crippen LogP contribution < -0.4 is 14.7 Å². The van der Waals surface area contributed by atoms with Crippen molar-refractivity contribution in [3.8, 4) is 73.1 Å². The predicted octanol–water partition coefficient (Wildman–Crippen LogP) is 28.2. The average Bonchev–Trinajstić information content (AvgIpc) is 1.56. The minimum Gasteiger partial charge on any atom is -0.309 e. The summed E-state index contributed by atoms with van der Waals surface area (Å²) in [6, 6.07) is 89.4. The molecule has 0 amide bonds. The first-order chi connectivity index (χ1) is 55.0. The summed E-state index contributed by atoms with van der Waals surface area (Å²) in [6.07, 6.45) is 0.628. The summed E-state index contributed by atoms with van der Waals surface area (Å²) >= 11 is 0. The second-order valence-corrected chi connectivity index (χ2v) is 33.6. The first kappa shape index (κ1) is 58.8. The smallest absolute Gasteiger partial charge is 0.0991 e. The molecule has 2 aliphatic heterocycles. The Hall–Kier alpha value is -12.4. The van der Waals surface area contributed by atoms with Gasteiger partial charge in [0.15, 0.2) is 0 Å². The number of anilines is 9. The highest BCUT2D eigenvalue weighted by Gasteiger charge is 2.44. The predicted molar refractivity (Wildman–Crippen MR) is 456 cm³/mol. The lowest BCUT2D eigenvalue weighted by atomic mass is 9.79. The number of benzene rings is 14. The molecule has 4 heterocycles. The van der Waals surface area contributed by atoms with Gasteiger partial charge in [-0.25, -0.2) is 0 Å². The highest BCUT2D eigenvalue weighted by atomic mass is 15.3. The maximum Gasteiger partial charge on any atom is 0.0991 e. The Morgan fingerprint density at radius 1 is 0.324 bits per heavy atom. The molecule has 3 aliphatic rings. The second-order valence-electron chi connectivity index (χ2n) is 33.6. The standard InChI is InChI=1S/C102H86N6/c1-99(2,3)70-42-47-88-82(56-70)83-57-71(100(4,5)6)43-48-89(83)104(88)74-44-49-91-93(58-74)108(97-79(65-30-18-14-19-31-65)61-80-76-35-23-22-34-68(76)53-84(80)96(97)66-32-20-15-21-33-66)95-60-75(105-86-39-27-25-37-78(86)81-50-63(62-103)40-45-87(81)105)59-94-98(95)107(91)92-54-67(69-51-72(101(7,8)9)55-73(52-69)102(10,11)12)41-46-90(92)106(94)85-38-26-24-36-77(85)64-28-16-13-17-29-64/h13-52,54-61H,53H2,1-12H3/i25D,27D,37D,39D,40D,45D,50D. The molecule has 524 valence electrons. The van der Waals surface area contributed by atoms with E-state index in [1.165, 1.54) is 27.8 Å². The van der Waals surface area contributed by atoms with Crippen LogP contribution in [0.1, 0.15) is 132 Å². The molecule has 0 N–H and O–H groups in total. The molecule has 6 heteroatoms. The number of fused-ring (bicyclic) bond motifs is 13. The third kappa shape index (κ3) is 10.6. The SMILES string of the molecule is [2H]c1c([2H])c([2H])c2c(c1[2H])c1c([2H])c(C#N)c([2H])c([2H])c1n2-c1cc2c3c(c1)N(c1c(-c4ccccc4)cc4c(c1-c1ccccc1)Cc1ccccc1-4)c1cc(-n4c5ccc(C(C)(C)C)cc5c5cc(C(C)(C)C)ccc54)ccc1N3c1cc(-c3cc(C(C)(C)C)cc(C(C)(C)C)c3)ccc1N2c1ccccc1-c1ccccc1. The Bertz CT molecular complexity index is 6800. The van der Waals surface area contributed by atoms with Crippen LogP contribution in [0.2, 0.25) is 0 Å². The lowest BCUT2D eigenvalue weighted by Crippen LogP contribution is -2.31. The van der Waals surface area contributed by atoms with E-state index in [1.807, 2.05) is 6.07 Å². The van der Waals surface area contributed by atoms with Gasteiger partial charge < -0.3 is 23.8 Å². The van der Waals surface area contributed by atoms with Gasteiger partial charge in [-0.05, 0) is 203 Å². The number of rotatable bonds is 8. The molecular weight excluding hydrogens is 1310 g/mol. The van der Waals surface area contributed by atoms with Crippen LogP contribution in [-0.4, -0.2) is 9.13 Å². The highest BCUT2D eigenvalue weighted by Crippen LogP contribution is 2.67. The maximum atomic E-state index is 10.9. The molecule has 0 bridgehead atoms. The Labute approximate surface area is 644 Å². The molecule has 19 rings (SSSR count). The molecule has 14 aromatic carbocycles. The van der Waals surface area contributed by atoms with E-state index < -0.39 is 42.3 Å². The monoisotopic (exact) mass is 1400 g/mol. The van der Waals surface area contributed by atoms with Crippen LogP contribution in [-0.2, 0) is 28.1 Å². The van der Waals surface area contributed by atoms with Gasteiger partial charge in [0.05, 0.1) is 100 Å². The Morgan fingerprint density at radius 2 is 0.843 bits per heavy atom. The third-order valence-electron chi connectivity index (χ3n) is 22.6. The van der Waals surface area contributed by atoms with E-state index in [9.17, 15) is 14.9 Å². The molecule has 0 unspecified atom stereocenters. The fourth-order valence-corrected chi connectivity index (χ4v) is 17.0. The van der Waals surface area contributed by atoms with Crippen LogP contribution in [0, 0.1) is 11.3 Å². The molecule has 16 aromatic rings. The Morgan fingerprint density at radius 3 is 1.48 bits per heavy atom. The van der Waals surface area contributed by atoms with Crippen molar-refractivity contribution in [1.82, 2.24) is 9.13 Å². The zero-order valence-electron chi connectivity index (χ0n) is 70.1. The van der Waals surface area contributed by atoms with Gasteiger partial charge in [-0.15, -0.1) is 0 Å². The first-order valence-corrected chi connectivity index (χ1v) is 37.6. The van der Waals surface area contributed by atoms with E-state index in [1.54, 1.807) is 4.57 Å². The van der Waals surface area contributed by atoms with E-state index in [4.69, 9.17) is 0 Å². The number of nitrogens with zero attached hydrogens (tertiary/aromatic N) is 6. The zero-order valence-corrected chi connectivity index (χ0v) is 63.1. The van der Waals surface area contributed by atoms with Gasteiger partial charge in [0.25, 0.3) is 0 Å². The second kappa shape index (κ2) is 24.3. The van der Waals surface area contributed by atoms with Crippen molar-refractivity contribution in [3.05, 3.63) is 330 Å². The van der Waals surface area contributed by atoms with Gasteiger partial charge in [-0.3, -0.25) is 0 Å². The van der Waals surface area contributed by atoms with Gasteiger partial charge in [-0.2, -0.15) is 5.26 Å². The molecule has 6 nitrogen and oxygen atoms in total. The summed E-state index contributed by atoms with van der Waals surface area (Å²) in [7, 11) is 0. The molecule has 2 aromatic heterocycles. The Balaban J connectivity index is 1.05. The van der Waals surface area contributed by atoms with Crippen molar-refractivity contribution in [2.45, 2.75) is 111 Å². The minimum atomic E-state index is -0.529. The van der Waals surface area contributed by atoms with Crippen LogP contribution in [0.3, 0.4) is 0 Å². The molecule has 108 heavy (non-hydrogen) atoms. The highest BCUT2D eigenvalue weighted by molar-refractivity contribution is 6.19. The van der Waals surface area contributed by atoms with Gasteiger partial charge in [0.2, 0.25) is 0 Å². The topological polar surface area (TPSA) is 43.4 Å². The number of hydrogen-bond donors (Lipinski definition) is 0. The molecule has 0 saturated carbocycles. The first-order valence-electron chi connectivity index (χ1n) is 41.1. The number of aromatic nitrogens is 2. The summed E-state index contributed by atoms with van der Waals surface area (Å²) in [5, 5.41) is 13.1. The summed E-state index contributed by atoms with van der Waals surface area (Å²) < 4.78 is 73.0. The maximum absolute atomic E-state index is 10.9. The molecule has 0 saturated heterocycles. The van der Waals surface area contributed by atoms with Gasteiger partial charge >= 0.3 is 0 Å². The lowest BCUT2D eigenvalue weighted by Gasteiger charge is -2.48. The summed E-state index contributed by atoms with van der Waals surface area (Å²) in [6.45, 7) is 27.3. The molecule has 0 radical (unpaired) electrons. The van der Waals surface area contributed by atoms with Crippen molar-refractivity contribution in [1.29, 1.82) is 5.26 Å². The van der Waals surface area contributed by atoms with Gasteiger partial charge in [0.1, 0.15) is 0 Å². The third-order valence-corrected chi connectivity index (χ3v) is 22.6. The molecule has 1 aliphatic carbocycles. The van der Waals surface area contributed by atoms with E-state index in [-0.39, 0.29) is 49.0 Å². The zero-order chi connectivity index (χ0) is 80.1. The largest absolute Gasteiger partial charge is 0.309 e. The van der Waals surface area contributed by atoms with E-state index in [2.05, 4.69) is 351 Å². The van der Waals surface area contributed by atoms with Crippen LogP contribution >= 0.6 is 0 Å². The number of nitriles is 1. The molecule has 0 atom stereocenters. The molecule has 0 fully saturated rings. The lowest BCUT2D eigenvalue weighted by molar-refractivity contribution is 0.569. The minimum absolute atomic E-state index is 0.00316.